The Hall–Kier alpha value is -1.81. The van der Waals surface area contributed by atoms with Gasteiger partial charge >= 0.3 is 0 Å². The number of carbonyl (C=O) groups excluding carboxylic acids is 1. The Balaban J connectivity index is 1.79. The highest BCUT2D eigenvalue weighted by Crippen LogP contribution is 2.32. The number of methoxy groups -OCH3 is 1. The zero-order valence-corrected chi connectivity index (χ0v) is 13.7. The largest absolute Gasteiger partial charge is 0.495 e. The van der Waals surface area contributed by atoms with Gasteiger partial charge < -0.3 is 10.1 Å². The minimum Gasteiger partial charge on any atom is -0.495 e. The summed E-state index contributed by atoms with van der Waals surface area (Å²) in [5.74, 6) is 0.773. The van der Waals surface area contributed by atoms with Crippen molar-refractivity contribution in [3.05, 3.63) is 45.6 Å². The van der Waals surface area contributed by atoms with E-state index in [0.29, 0.717) is 6.42 Å². The number of ether oxygens (including phenoxy) is 1. The Morgan fingerprint density at radius 3 is 2.68 bits per heavy atom. The summed E-state index contributed by atoms with van der Waals surface area (Å²) in [6.45, 7) is 0. The molecule has 0 saturated heterocycles. The maximum absolute atomic E-state index is 12.2. The molecule has 0 saturated carbocycles. The van der Waals surface area contributed by atoms with Crippen LogP contribution in [0.5, 0.6) is 5.75 Å². The van der Waals surface area contributed by atoms with E-state index in [2.05, 4.69) is 17.4 Å². The van der Waals surface area contributed by atoms with Crippen LogP contribution in [0.15, 0.2) is 29.6 Å². The fraction of sp³-hybridized carbons (Fsp3) is 0.389. The lowest BCUT2D eigenvalue weighted by Gasteiger charge is -2.15. The van der Waals surface area contributed by atoms with Crippen molar-refractivity contribution in [1.82, 2.24) is 0 Å². The summed E-state index contributed by atoms with van der Waals surface area (Å²) in [5, 5.41) is 5.00. The van der Waals surface area contributed by atoms with Gasteiger partial charge in [-0.05, 0) is 60.4 Å². The molecular weight excluding hydrogens is 294 g/mol. The Morgan fingerprint density at radius 2 is 2.00 bits per heavy atom. The number of carbonyl (C=O) groups is 1. The van der Waals surface area contributed by atoms with E-state index in [1.165, 1.54) is 30.4 Å². The van der Waals surface area contributed by atoms with Gasteiger partial charge in [0.05, 0.1) is 19.2 Å². The molecule has 1 aromatic carbocycles. The predicted octanol–water partition coefficient (Wildman–Crippen LogP) is 4.21. The number of fused-ring (bicyclic) bond motifs is 1. The molecule has 0 spiro atoms. The minimum absolute atomic E-state index is 0.00863. The first kappa shape index (κ1) is 15.1. The van der Waals surface area contributed by atoms with Gasteiger partial charge in [0.2, 0.25) is 5.91 Å². The first-order valence-corrected chi connectivity index (χ1v) is 8.66. The molecule has 0 radical (unpaired) electrons. The minimum atomic E-state index is 0.00863. The molecule has 3 nitrogen and oxygen atoms in total. The molecule has 3 rings (SSSR count). The maximum Gasteiger partial charge on any atom is 0.229 e. The molecule has 22 heavy (non-hydrogen) atoms. The highest BCUT2D eigenvalue weighted by Gasteiger charge is 2.15. The molecule has 116 valence electrons. The van der Waals surface area contributed by atoms with Gasteiger partial charge in [0, 0.05) is 4.88 Å². The van der Waals surface area contributed by atoms with E-state index in [9.17, 15) is 4.79 Å². The Labute approximate surface area is 135 Å². The van der Waals surface area contributed by atoms with Crippen LogP contribution < -0.4 is 10.1 Å². The maximum atomic E-state index is 12.2. The van der Waals surface area contributed by atoms with E-state index in [4.69, 9.17) is 4.74 Å². The number of rotatable bonds is 4. The van der Waals surface area contributed by atoms with Gasteiger partial charge in [-0.2, -0.15) is 0 Å². The molecule has 1 aromatic heterocycles. The molecule has 4 heteroatoms. The van der Waals surface area contributed by atoms with Crippen molar-refractivity contribution in [2.75, 3.05) is 12.4 Å². The van der Waals surface area contributed by atoms with Crippen LogP contribution in [-0.4, -0.2) is 13.0 Å². The molecule has 0 unspecified atom stereocenters. The molecule has 1 N–H and O–H groups in total. The SMILES string of the molecule is COc1cc2c(cc1NC(=O)Cc1cccs1)CCCCC2. The van der Waals surface area contributed by atoms with Crippen molar-refractivity contribution in [2.24, 2.45) is 0 Å². The van der Waals surface area contributed by atoms with Crippen molar-refractivity contribution >= 4 is 22.9 Å². The number of hydrogen-bond acceptors (Lipinski definition) is 3. The van der Waals surface area contributed by atoms with Crippen molar-refractivity contribution in [3.63, 3.8) is 0 Å². The molecule has 0 fully saturated rings. The summed E-state index contributed by atoms with van der Waals surface area (Å²) in [5.41, 5.74) is 3.51. The highest BCUT2D eigenvalue weighted by atomic mass is 32.1. The summed E-state index contributed by atoms with van der Waals surface area (Å²) in [6.07, 6.45) is 6.35. The van der Waals surface area contributed by atoms with Gasteiger partial charge in [-0.25, -0.2) is 0 Å². The van der Waals surface area contributed by atoms with Crippen LogP contribution in [0.25, 0.3) is 0 Å². The van der Waals surface area contributed by atoms with E-state index in [0.717, 1.165) is 29.2 Å². The number of benzene rings is 1. The summed E-state index contributed by atoms with van der Waals surface area (Å²) >= 11 is 1.61. The van der Waals surface area contributed by atoms with Crippen molar-refractivity contribution in [3.8, 4) is 5.75 Å². The van der Waals surface area contributed by atoms with E-state index in [1.807, 2.05) is 17.5 Å². The number of aryl methyl sites for hydroxylation is 2. The van der Waals surface area contributed by atoms with Gasteiger partial charge in [0.15, 0.2) is 0 Å². The van der Waals surface area contributed by atoms with Crippen molar-refractivity contribution in [1.29, 1.82) is 0 Å². The monoisotopic (exact) mass is 315 g/mol. The third-order valence-corrected chi connectivity index (χ3v) is 4.98. The average Bonchev–Trinajstić information content (AvgIpc) is 2.90. The summed E-state index contributed by atoms with van der Waals surface area (Å²) in [6, 6.07) is 8.15. The van der Waals surface area contributed by atoms with E-state index < -0.39 is 0 Å². The van der Waals surface area contributed by atoms with Crippen LogP contribution in [0.3, 0.4) is 0 Å². The number of amides is 1. The standard InChI is InChI=1S/C18H21NO2S/c1-21-17-11-14-7-4-2-3-6-13(14)10-16(17)19-18(20)12-15-8-5-9-22-15/h5,8-11H,2-4,6-7,12H2,1H3,(H,19,20). The molecule has 1 heterocycles. The smallest absolute Gasteiger partial charge is 0.229 e. The van der Waals surface area contributed by atoms with Crippen LogP contribution in [-0.2, 0) is 24.1 Å². The van der Waals surface area contributed by atoms with E-state index in [1.54, 1.807) is 18.4 Å². The fourth-order valence-electron chi connectivity index (χ4n) is 2.97. The lowest BCUT2D eigenvalue weighted by molar-refractivity contribution is -0.115. The van der Waals surface area contributed by atoms with Crippen molar-refractivity contribution < 1.29 is 9.53 Å². The fourth-order valence-corrected chi connectivity index (χ4v) is 3.68. The molecular formula is C18H21NO2S. The first-order chi connectivity index (χ1) is 10.8. The summed E-state index contributed by atoms with van der Waals surface area (Å²) in [4.78, 5) is 13.3. The molecule has 0 aliphatic heterocycles. The topological polar surface area (TPSA) is 38.3 Å². The zero-order valence-electron chi connectivity index (χ0n) is 12.9. The van der Waals surface area contributed by atoms with Gasteiger partial charge in [0.1, 0.15) is 5.75 Å². The molecule has 1 aliphatic carbocycles. The van der Waals surface area contributed by atoms with E-state index in [-0.39, 0.29) is 5.91 Å². The second-order valence-corrected chi connectivity index (χ2v) is 6.72. The third kappa shape index (κ3) is 3.50. The van der Waals surface area contributed by atoms with Crippen LogP contribution in [0, 0.1) is 0 Å². The van der Waals surface area contributed by atoms with Crippen LogP contribution in [0.1, 0.15) is 35.3 Å². The van der Waals surface area contributed by atoms with Gasteiger partial charge in [-0.1, -0.05) is 12.5 Å². The first-order valence-electron chi connectivity index (χ1n) is 7.78. The second-order valence-electron chi connectivity index (χ2n) is 5.69. The van der Waals surface area contributed by atoms with E-state index >= 15 is 0 Å². The summed E-state index contributed by atoms with van der Waals surface area (Å²) in [7, 11) is 1.66. The second kappa shape index (κ2) is 6.97. The summed E-state index contributed by atoms with van der Waals surface area (Å²) < 4.78 is 5.48. The Kier molecular flexibility index (Phi) is 4.78. The average molecular weight is 315 g/mol. The van der Waals surface area contributed by atoms with Crippen LogP contribution in [0.2, 0.25) is 0 Å². The normalized spacial score (nSPS) is 14.0. The van der Waals surface area contributed by atoms with Gasteiger partial charge in [-0.3, -0.25) is 4.79 Å². The molecule has 0 atom stereocenters. The molecule has 1 aliphatic rings. The number of thiophene rings is 1. The Morgan fingerprint density at radius 1 is 1.23 bits per heavy atom. The van der Waals surface area contributed by atoms with Crippen LogP contribution >= 0.6 is 11.3 Å². The lowest BCUT2D eigenvalue weighted by atomic mass is 10.0. The van der Waals surface area contributed by atoms with Crippen molar-refractivity contribution in [2.45, 2.75) is 38.5 Å². The highest BCUT2D eigenvalue weighted by molar-refractivity contribution is 7.10. The molecule has 1 amide bonds. The third-order valence-electron chi connectivity index (χ3n) is 4.10. The van der Waals surface area contributed by atoms with Crippen LogP contribution in [0.4, 0.5) is 5.69 Å². The zero-order chi connectivity index (χ0) is 15.4. The quantitative estimate of drug-likeness (QED) is 0.858. The number of nitrogens with one attached hydrogen (secondary N) is 1. The number of anilines is 1. The molecule has 0 bridgehead atoms. The Bertz CT molecular complexity index is 649. The lowest BCUT2D eigenvalue weighted by Crippen LogP contribution is -2.15. The predicted molar refractivity (Wildman–Crippen MR) is 90.9 cm³/mol. The van der Waals surface area contributed by atoms with Gasteiger partial charge in [-0.15, -0.1) is 11.3 Å². The van der Waals surface area contributed by atoms with Gasteiger partial charge in [0.25, 0.3) is 0 Å². The number of hydrogen-bond donors (Lipinski definition) is 1. The molecule has 2 aromatic rings.